The lowest BCUT2D eigenvalue weighted by atomic mass is 10.1. The summed E-state index contributed by atoms with van der Waals surface area (Å²) in [6.07, 6.45) is 9.81. The summed E-state index contributed by atoms with van der Waals surface area (Å²) < 4.78 is 0. The predicted octanol–water partition coefficient (Wildman–Crippen LogP) is 5.05. The van der Waals surface area contributed by atoms with Crippen LogP contribution in [0.25, 0.3) is 0 Å². The monoisotopic (exact) mass is 444 g/mol. The van der Waals surface area contributed by atoms with Crippen molar-refractivity contribution in [1.82, 2.24) is 10.2 Å². The highest BCUT2D eigenvalue weighted by Crippen LogP contribution is 2.27. The van der Waals surface area contributed by atoms with Gasteiger partial charge in [-0.3, -0.25) is 9.59 Å². The minimum absolute atomic E-state index is 0.0299. The van der Waals surface area contributed by atoms with Crippen LogP contribution in [0, 0.1) is 0 Å². The van der Waals surface area contributed by atoms with E-state index in [1.54, 1.807) is 0 Å². The normalized spacial score (nSPS) is 13.6. The van der Waals surface area contributed by atoms with Gasteiger partial charge in [0.15, 0.2) is 0 Å². The number of hydrogen-bond acceptors (Lipinski definition) is 4. The molecule has 1 saturated heterocycles. The summed E-state index contributed by atoms with van der Waals surface area (Å²) >= 11 is 0. The van der Waals surface area contributed by atoms with E-state index >= 15 is 0 Å². The Morgan fingerprint density at radius 3 is 2.34 bits per heavy atom. The van der Waals surface area contributed by atoms with Gasteiger partial charge in [0.2, 0.25) is 5.91 Å². The molecule has 0 unspecified atom stereocenters. The Morgan fingerprint density at radius 1 is 0.969 bits per heavy atom. The molecule has 2 amide bonds. The van der Waals surface area contributed by atoms with Gasteiger partial charge in [-0.2, -0.15) is 0 Å². The van der Waals surface area contributed by atoms with Crippen LogP contribution in [0.5, 0.6) is 0 Å². The molecule has 0 spiro atoms. The largest absolute Gasteiger partial charge is 0.371 e. The van der Waals surface area contributed by atoms with Crippen molar-refractivity contribution in [1.29, 1.82) is 0 Å². The van der Waals surface area contributed by atoms with Crippen LogP contribution in [0.3, 0.4) is 0 Å². The van der Waals surface area contributed by atoms with E-state index < -0.39 is 0 Å². The zero-order valence-electron chi connectivity index (χ0n) is 20.5. The van der Waals surface area contributed by atoms with Gasteiger partial charge >= 0.3 is 0 Å². The van der Waals surface area contributed by atoms with Crippen molar-refractivity contribution in [3.05, 3.63) is 23.8 Å². The summed E-state index contributed by atoms with van der Waals surface area (Å²) in [5.74, 6) is -0.0339. The van der Waals surface area contributed by atoms with E-state index in [1.165, 1.54) is 25.7 Å². The van der Waals surface area contributed by atoms with Crippen LogP contribution in [-0.4, -0.2) is 56.0 Å². The quantitative estimate of drug-likeness (QED) is 0.372. The van der Waals surface area contributed by atoms with E-state index in [-0.39, 0.29) is 11.8 Å². The molecule has 1 aliphatic heterocycles. The molecule has 0 aliphatic carbocycles. The number of likely N-dealkylation sites (N-methyl/N-ethyl adjacent to an activating group) is 1. The standard InChI is InChI=1S/C26H44N4O2/c1-4-7-8-9-10-11-14-25(31)28-22-15-16-24(30-18-12-13-19-30)23(21-22)26(32)27-17-20-29(5-2)6-3/h15-16,21H,4-14,17-20H2,1-3H3,(H,27,32)(H,28,31). The Balaban J connectivity index is 1.97. The van der Waals surface area contributed by atoms with E-state index in [1.807, 2.05) is 18.2 Å². The Kier molecular flexibility index (Phi) is 12.2. The highest BCUT2D eigenvalue weighted by atomic mass is 16.2. The van der Waals surface area contributed by atoms with Crippen LogP contribution in [-0.2, 0) is 4.79 Å². The second-order valence-corrected chi connectivity index (χ2v) is 8.77. The summed E-state index contributed by atoms with van der Waals surface area (Å²) in [5, 5.41) is 6.09. The molecule has 0 saturated carbocycles. The molecule has 32 heavy (non-hydrogen) atoms. The van der Waals surface area contributed by atoms with E-state index in [0.717, 1.165) is 64.1 Å². The number of unbranched alkanes of at least 4 members (excludes halogenated alkanes) is 5. The molecule has 1 heterocycles. The van der Waals surface area contributed by atoms with Crippen LogP contribution in [0.2, 0.25) is 0 Å². The number of benzene rings is 1. The van der Waals surface area contributed by atoms with E-state index in [2.05, 4.69) is 41.2 Å². The molecular formula is C26H44N4O2. The number of anilines is 2. The van der Waals surface area contributed by atoms with Crippen LogP contribution in [0.1, 0.15) is 88.9 Å². The number of nitrogens with zero attached hydrogens (tertiary/aromatic N) is 2. The second kappa shape index (κ2) is 14.9. The zero-order valence-corrected chi connectivity index (χ0v) is 20.5. The molecular weight excluding hydrogens is 400 g/mol. The smallest absolute Gasteiger partial charge is 0.253 e. The van der Waals surface area contributed by atoms with Crippen LogP contribution in [0.15, 0.2) is 18.2 Å². The first-order valence-corrected chi connectivity index (χ1v) is 12.8. The van der Waals surface area contributed by atoms with Crippen molar-refractivity contribution in [2.45, 2.75) is 78.6 Å². The lowest BCUT2D eigenvalue weighted by Crippen LogP contribution is -2.35. The number of hydrogen-bond donors (Lipinski definition) is 2. The lowest BCUT2D eigenvalue weighted by Gasteiger charge is -2.23. The van der Waals surface area contributed by atoms with Crippen molar-refractivity contribution < 1.29 is 9.59 Å². The minimum atomic E-state index is -0.0638. The van der Waals surface area contributed by atoms with Crippen molar-refractivity contribution in [2.75, 3.05) is 49.5 Å². The predicted molar refractivity (Wildman–Crippen MR) is 135 cm³/mol. The van der Waals surface area contributed by atoms with Gasteiger partial charge in [0.1, 0.15) is 0 Å². The first-order valence-electron chi connectivity index (χ1n) is 12.8. The molecule has 2 N–H and O–H groups in total. The van der Waals surface area contributed by atoms with Gasteiger partial charge in [-0.25, -0.2) is 0 Å². The summed E-state index contributed by atoms with van der Waals surface area (Å²) in [7, 11) is 0. The topological polar surface area (TPSA) is 64.7 Å². The number of carbonyl (C=O) groups excluding carboxylic acids is 2. The Labute approximate surface area is 195 Å². The van der Waals surface area contributed by atoms with Crippen molar-refractivity contribution in [3.8, 4) is 0 Å². The first kappa shape index (κ1) is 26.2. The van der Waals surface area contributed by atoms with Gasteiger partial charge in [-0.15, -0.1) is 0 Å². The third-order valence-corrected chi connectivity index (χ3v) is 6.34. The van der Waals surface area contributed by atoms with Crippen molar-refractivity contribution in [2.24, 2.45) is 0 Å². The fourth-order valence-electron chi connectivity index (χ4n) is 4.28. The first-order chi connectivity index (χ1) is 15.6. The average molecular weight is 445 g/mol. The van der Waals surface area contributed by atoms with Crippen molar-refractivity contribution >= 4 is 23.2 Å². The molecule has 0 atom stereocenters. The Morgan fingerprint density at radius 2 is 1.66 bits per heavy atom. The highest BCUT2D eigenvalue weighted by molar-refractivity contribution is 6.02. The van der Waals surface area contributed by atoms with Gasteiger partial charge in [-0.05, 0) is 50.6 Å². The second-order valence-electron chi connectivity index (χ2n) is 8.77. The van der Waals surface area contributed by atoms with Gasteiger partial charge in [0.05, 0.1) is 5.56 Å². The molecule has 6 heteroatoms. The maximum absolute atomic E-state index is 13.0. The Bertz CT molecular complexity index is 697. The molecule has 2 rings (SSSR count). The van der Waals surface area contributed by atoms with Crippen LogP contribution in [0.4, 0.5) is 11.4 Å². The summed E-state index contributed by atoms with van der Waals surface area (Å²) in [4.78, 5) is 30.0. The van der Waals surface area contributed by atoms with E-state index in [0.29, 0.717) is 24.2 Å². The Hall–Kier alpha value is -2.08. The van der Waals surface area contributed by atoms with Crippen LogP contribution < -0.4 is 15.5 Å². The van der Waals surface area contributed by atoms with Crippen LogP contribution >= 0.6 is 0 Å². The minimum Gasteiger partial charge on any atom is -0.371 e. The number of nitrogens with one attached hydrogen (secondary N) is 2. The fraction of sp³-hybridized carbons (Fsp3) is 0.692. The molecule has 0 bridgehead atoms. The van der Waals surface area contributed by atoms with Gasteiger partial charge in [0.25, 0.3) is 5.91 Å². The molecule has 1 aromatic rings. The summed E-state index contributed by atoms with van der Waals surface area (Å²) in [6.45, 7) is 11.8. The van der Waals surface area contributed by atoms with Gasteiger partial charge < -0.3 is 20.4 Å². The van der Waals surface area contributed by atoms with Crippen molar-refractivity contribution in [3.63, 3.8) is 0 Å². The molecule has 0 aromatic heterocycles. The lowest BCUT2D eigenvalue weighted by molar-refractivity contribution is -0.116. The number of amides is 2. The van der Waals surface area contributed by atoms with Gasteiger partial charge in [0, 0.05) is 44.0 Å². The highest BCUT2D eigenvalue weighted by Gasteiger charge is 2.20. The molecule has 180 valence electrons. The molecule has 6 nitrogen and oxygen atoms in total. The van der Waals surface area contributed by atoms with Gasteiger partial charge in [-0.1, -0.05) is 52.9 Å². The SMILES string of the molecule is CCCCCCCCC(=O)Nc1ccc(N2CCCC2)c(C(=O)NCCN(CC)CC)c1. The summed E-state index contributed by atoms with van der Waals surface area (Å²) in [6, 6.07) is 5.77. The van der Waals surface area contributed by atoms with E-state index in [9.17, 15) is 9.59 Å². The average Bonchev–Trinajstić information content (AvgIpc) is 3.33. The third kappa shape index (κ3) is 8.81. The molecule has 1 aliphatic rings. The molecule has 1 fully saturated rings. The summed E-state index contributed by atoms with van der Waals surface area (Å²) in [5.41, 5.74) is 2.33. The third-order valence-electron chi connectivity index (χ3n) is 6.34. The maximum atomic E-state index is 13.0. The fourth-order valence-corrected chi connectivity index (χ4v) is 4.28. The zero-order chi connectivity index (χ0) is 23.2. The molecule has 0 radical (unpaired) electrons. The maximum Gasteiger partial charge on any atom is 0.253 e. The number of rotatable bonds is 15. The molecule has 1 aromatic carbocycles. The van der Waals surface area contributed by atoms with E-state index in [4.69, 9.17) is 0 Å². The number of carbonyl (C=O) groups is 2.